The molecule has 0 saturated carbocycles. The van der Waals surface area contributed by atoms with Gasteiger partial charge in [-0.25, -0.2) is 0 Å². The highest BCUT2D eigenvalue weighted by Gasteiger charge is 2.13. The van der Waals surface area contributed by atoms with Crippen LogP contribution in [0.1, 0.15) is 33.3 Å². The van der Waals surface area contributed by atoms with E-state index in [1.807, 2.05) is 12.1 Å². The quantitative estimate of drug-likeness (QED) is 0.756. The third-order valence-corrected chi connectivity index (χ3v) is 3.79. The molecule has 0 fully saturated rings. The van der Waals surface area contributed by atoms with Gasteiger partial charge in [-0.3, -0.25) is 4.90 Å². The normalized spacial score (nSPS) is 11.4. The maximum absolute atomic E-state index is 6.15. The van der Waals surface area contributed by atoms with Crippen molar-refractivity contribution in [3.63, 3.8) is 0 Å². The van der Waals surface area contributed by atoms with E-state index < -0.39 is 0 Å². The summed E-state index contributed by atoms with van der Waals surface area (Å²) < 4.78 is 0. The minimum Gasteiger partial charge on any atom is -0.389 e. The van der Waals surface area contributed by atoms with Crippen LogP contribution in [-0.2, 0) is 0 Å². The Morgan fingerprint density at radius 2 is 1.90 bits per heavy atom. The second-order valence-corrected chi connectivity index (χ2v) is 6.23. The Hall–Kier alpha value is -0.840. The summed E-state index contributed by atoms with van der Waals surface area (Å²) in [6.45, 7) is 10.6. The van der Waals surface area contributed by atoms with E-state index in [1.54, 1.807) is 6.07 Å². The lowest BCUT2D eigenvalue weighted by molar-refractivity contribution is 0.182. The van der Waals surface area contributed by atoms with Gasteiger partial charge < -0.3 is 11.1 Å². The molecule has 0 unspecified atom stereocenters. The highest BCUT2D eigenvalue weighted by Crippen LogP contribution is 2.24. The van der Waals surface area contributed by atoms with Crippen molar-refractivity contribution in [2.45, 2.75) is 39.8 Å². The predicted octanol–water partition coefficient (Wildman–Crippen LogP) is 3.50. The molecule has 0 atom stereocenters. The molecule has 0 aliphatic heterocycles. The summed E-state index contributed by atoms with van der Waals surface area (Å²) in [7, 11) is 0. The molecule has 0 aliphatic rings. The largest absolute Gasteiger partial charge is 0.389 e. The average molecular weight is 314 g/mol. The zero-order valence-corrected chi connectivity index (χ0v) is 14.2. The molecule has 1 rings (SSSR count). The van der Waals surface area contributed by atoms with Crippen molar-refractivity contribution in [3.05, 3.63) is 28.8 Å². The van der Waals surface area contributed by atoms with Crippen LogP contribution in [0.15, 0.2) is 18.2 Å². The van der Waals surface area contributed by atoms with Crippen LogP contribution in [0.25, 0.3) is 0 Å². The summed E-state index contributed by atoms with van der Waals surface area (Å²) in [5.41, 5.74) is 7.37. The van der Waals surface area contributed by atoms with Crippen LogP contribution in [-0.4, -0.2) is 35.1 Å². The van der Waals surface area contributed by atoms with Gasteiger partial charge in [0.15, 0.2) is 0 Å². The van der Waals surface area contributed by atoms with Crippen LogP contribution in [0.5, 0.6) is 0 Å². The van der Waals surface area contributed by atoms with Gasteiger partial charge in [-0.2, -0.15) is 0 Å². The molecule has 0 aromatic heterocycles. The lowest BCUT2D eigenvalue weighted by Crippen LogP contribution is -2.40. The van der Waals surface area contributed by atoms with Gasteiger partial charge in [-0.05, 0) is 39.8 Å². The fourth-order valence-electron chi connectivity index (χ4n) is 2.35. The van der Waals surface area contributed by atoms with Gasteiger partial charge in [0.05, 0.1) is 10.6 Å². The zero-order chi connectivity index (χ0) is 15.3. The number of halogens is 1. The van der Waals surface area contributed by atoms with Gasteiger partial charge in [0, 0.05) is 30.9 Å². The Morgan fingerprint density at radius 1 is 1.30 bits per heavy atom. The van der Waals surface area contributed by atoms with Gasteiger partial charge in [0.1, 0.15) is 4.99 Å². The van der Waals surface area contributed by atoms with Gasteiger partial charge in [0.25, 0.3) is 0 Å². The summed E-state index contributed by atoms with van der Waals surface area (Å²) in [5, 5.41) is 3.97. The molecule has 0 bridgehead atoms. The summed E-state index contributed by atoms with van der Waals surface area (Å²) in [5.74, 6) is 0. The third kappa shape index (κ3) is 4.62. The summed E-state index contributed by atoms with van der Waals surface area (Å²) in [4.78, 5) is 2.75. The molecule has 0 saturated heterocycles. The number of hydrogen-bond donors (Lipinski definition) is 2. The van der Waals surface area contributed by atoms with E-state index in [1.165, 1.54) is 0 Å². The molecule has 3 N–H and O–H groups in total. The van der Waals surface area contributed by atoms with E-state index >= 15 is 0 Å². The van der Waals surface area contributed by atoms with E-state index in [4.69, 9.17) is 29.6 Å². The second kappa shape index (κ2) is 7.81. The molecule has 0 radical (unpaired) electrons. The summed E-state index contributed by atoms with van der Waals surface area (Å²) in [6.07, 6.45) is 0. The van der Waals surface area contributed by atoms with E-state index in [2.05, 4.69) is 37.9 Å². The summed E-state index contributed by atoms with van der Waals surface area (Å²) >= 11 is 11.2. The van der Waals surface area contributed by atoms with Crippen molar-refractivity contribution < 1.29 is 0 Å². The molecule has 112 valence electrons. The van der Waals surface area contributed by atoms with Crippen molar-refractivity contribution in [1.82, 2.24) is 4.90 Å². The van der Waals surface area contributed by atoms with Crippen molar-refractivity contribution in [1.29, 1.82) is 0 Å². The van der Waals surface area contributed by atoms with Crippen LogP contribution in [0.2, 0.25) is 5.02 Å². The predicted molar refractivity (Wildman–Crippen MR) is 92.8 cm³/mol. The van der Waals surface area contributed by atoms with E-state index in [0.29, 0.717) is 22.1 Å². The molecular formula is C15H24ClN3S. The zero-order valence-electron chi connectivity index (χ0n) is 12.6. The molecule has 20 heavy (non-hydrogen) atoms. The third-order valence-electron chi connectivity index (χ3n) is 3.27. The number of nitrogens with zero attached hydrogens (tertiary/aromatic N) is 1. The van der Waals surface area contributed by atoms with Gasteiger partial charge in [0.2, 0.25) is 0 Å². The van der Waals surface area contributed by atoms with Crippen LogP contribution >= 0.6 is 23.8 Å². The number of hydrogen-bond acceptors (Lipinski definition) is 3. The first-order valence-electron chi connectivity index (χ1n) is 6.92. The van der Waals surface area contributed by atoms with E-state index in [9.17, 15) is 0 Å². The minimum atomic E-state index is 0.322. The van der Waals surface area contributed by atoms with Crippen molar-refractivity contribution in [3.8, 4) is 0 Å². The number of nitrogens with one attached hydrogen (secondary N) is 1. The van der Waals surface area contributed by atoms with E-state index in [0.717, 1.165) is 24.3 Å². The molecule has 3 nitrogen and oxygen atoms in total. The lowest BCUT2D eigenvalue weighted by Gasteiger charge is -2.30. The maximum atomic E-state index is 6.15. The monoisotopic (exact) mass is 313 g/mol. The lowest BCUT2D eigenvalue weighted by atomic mass is 10.1. The number of benzene rings is 1. The van der Waals surface area contributed by atoms with Gasteiger partial charge in [-0.1, -0.05) is 29.9 Å². The van der Waals surface area contributed by atoms with E-state index in [-0.39, 0.29) is 0 Å². The SMILES string of the molecule is CC(C)N(CCNc1cccc(Cl)c1C(N)=S)C(C)C. The Balaban J connectivity index is 2.71. The van der Waals surface area contributed by atoms with Crippen LogP contribution < -0.4 is 11.1 Å². The first-order valence-corrected chi connectivity index (χ1v) is 7.71. The Morgan fingerprint density at radius 3 is 2.40 bits per heavy atom. The second-order valence-electron chi connectivity index (χ2n) is 5.38. The summed E-state index contributed by atoms with van der Waals surface area (Å²) in [6, 6.07) is 6.69. The van der Waals surface area contributed by atoms with Crippen molar-refractivity contribution >= 4 is 34.5 Å². The minimum absolute atomic E-state index is 0.322. The average Bonchev–Trinajstić information content (AvgIpc) is 2.33. The van der Waals surface area contributed by atoms with Crippen molar-refractivity contribution in [2.24, 2.45) is 5.73 Å². The Labute approximate surface area is 132 Å². The molecular weight excluding hydrogens is 290 g/mol. The maximum Gasteiger partial charge on any atom is 0.107 e. The van der Waals surface area contributed by atoms with Crippen LogP contribution in [0.4, 0.5) is 5.69 Å². The smallest absolute Gasteiger partial charge is 0.107 e. The fraction of sp³-hybridized carbons (Fsp3) is 0.533. The van der Waals surface area contributed by atoms with Crippen molar-refractivity contribution in [2.75, 3.05) is 18.4 Å². The molecule has 0 spiro atoms. The molecule has 0 aliphatic carbocycles. The Kier molecular flexibility index (Phi) is 6.72. The standard InChI is InChI=1S/C15H24ClN3S/c1-10(2)19(11(3)4)9-8-18-13-7-5-6-12(16)14(13)15(17)20/h5-7,10-11,18H,8-9H2,1-4H3,(H2,17,20). The first-order chi connectivity index (χ1) is 9.34. The number of nitrogens with two attached hydrogens (primary N) is 1. The highest BCUT2D eigenvalue weighted by atomic mass is 35.5. The molecule has 1 aromatic rings. The highest BCUT2D eigenvalue weighted by molar-refractivity contribution is 7.80. The van der Waals surface area contributed by atoms with Crippen LogP contribution in [0, 0.1) is 0 Å². The first kappa shape index (κ1) is 17.2. The number of anilines is 1. The fourth-order valence-corrected chi connectivity index (χ4v) is 2.91. The topological polar surface area (TPSA) is 41.3 Å². The van der Waals surface area contributed by atoms with Crippen LogP contribution in [0.3, 0.4) is 0 Å². The number of rotatable bonds is 7. The van der Waals surface area contributed by atoms with Gasteiger partial charge in [-0.15, -0.1) is 0 Å². The Bertz CT molecular complexity index is 452. The van der Waals surface area contributed by atoms with Gasteiger partial charge >= 0.3 is 0 Å². The molecule has 0 amide bonds. The molecule has 0 heterocycles. The number of thiocarbonyl (C=S) groups is 1. The molecule has 1 aromatic carbocycles. The molecule has 5 heteroatoms.